The second-order valence-corrected chi connectivity index (χ2v) is 47.3. The van der Waals surface area contributed by atoms with Crippen molar-refractivity contribution >= 4 is 338 Å². The van der Waals surface area contributed by atoms with Crippen LogP contribution in [0.5, 0.6) is 0 Å². The summed E-state index contributed by atoms with van der Waals surface area (Å²) in [6.45, 7) is 10.0. The Morgan fingerprint density at radius 1 is 0.301 bits per heavy atom. The minimum atomic E-state index is -0.107. The fraction of sp³-hybridized carbons (Fsp3) is 0.0667. The van der Waals surface area contributed by atoms with Crippen LogP contribution in [0.3, 0.4) is 0 Å². The van der Waals surface area contributed by atoms with Crippen molar-refractivity contribution in [3.05, 3.63) is 354 Å². The number of anilines is 6. The fourth-order valence-corrected chi connectivity index (χ4v) is 26.6. The molecule has 2 nitrogen and oxygen atoms in total. The quantitative estimate of drug-likeness (QED) is 0.124. The first-order valence-electron chi connectivity index (χ1n) is 36.6. The molecule has 6 heterocycles. The number of benzene rings is 14. The lowest BCUT2D eigenvalue weighted by molar-refractivity contribution is 0.632. The van der Waals surface area contributed by atoms with E-state index in [-0.39, 0.29) is 29.8 Å². The minimum Gasteiger partial charge on any atom is -0.309 e. The van der Waals surface area contributed by atoms with Gasteiger partial charge >= 0.3 is 0 Å². The van der Waals surface area contributed by atoms with Crippen LogP contribution in [0.1, 0.15) is 49.9 Å². The Kier molecular flexibility index (Phi) is 27.0. The molecule has 23 heteroatoms. The van der Waals surface area contributed by atoms with Gasteiger partial charge in [0, 0.05) is 148 Å². The van der Waals surface area contributed by atoms with E-state index in [1.807, 2.05) is 22.7 Å². The van der Waals surface area contributed by atoms with Gasteiger partial charge in [0.2, 0.25) is 20.1 Å². The number of hydrogen-bond donors (Lipinski definition) is 0. The van der Waals surface area contributed by atoms with Crippen LogP contribution < -0.4 is 69.9 Å². The molecule has 2 unspecified atom stereocenters. The molecule has 14 aromatic carbocycles. The van der Waals surface area contributed by atoms with Crippen LogP contribution in [0, 0.1) is 0 Å². The van der Waals surface area contributed by atoms with Crippen LogP contribution >= 0.6 is 80.2 Å². The summed E-state index contributed by atoms with van der Waals surface area (Å²) in [5.41, 5.74) is 28.3. The van der Waals surface area contributed by atoms with Crippen molar-refractivity contribution in [1.82, 2.24) is 0 Å². The lowest BCUT2D eigenvalue weighted by atomic mass is 9.21. The summed E-state index contributed by atoms with van der Waals surface area (Å²) in [4.78, 5) is 5.00. The molecular formula is C90H71B4Br2N2P3S12. The van der Waals surface area contributed by atoms with Crippen LogP contribution in [0.2, 0.25) is 0 Å². The number of halogens is 2. The first-order chi connectivity index (χ1) is 55.3. The second-order valence-electron chi connectivity index (χ2n) is 28.4. The van der Waals surface area contributed by atoms with Crippen molar-refractivity contribution in [2.45, 2.75) is 38.5 Å². The standard InChI is InChI=1S/C45H33B2NS.C27H20BrNS.C18H13B2Br.H5P3.S6.S4/c1-45(2)31-18-6-12-25-38(31)48(39-26-13-7-19-32(39)45)40-27-15-29-42-44(40)43-37(24-14-28-41(43)49-42)47-35-22-10-8-20-33(35)46(30-16-4-3-5-17-30)34-21-9-11-23-36(34)47;1-27(2)17-9-3-5-12-20(17)29(21-13-6-4-10-18(21)27)22-14-8-16-24-26(22)25-19(28)11-7-15-23(25)30-24;21-20-17-12-6-4-10-15(17)19(14-8-2-1-3-9-14)16-11-5-7-13-18(16)20;1-3-2;1-3-5-6-4-2;1-3-4-2/h3-29H,1-2H3;3-16H,1-2H3;1-13H;3H,1-2H2;;. The van der Waals surface area contributed by atoms with E-state index in [0.29, 0.717) is 6.71 Å². The van der Waals surface area contributed by atoms with Crippen LogP contribution in [-0.4, -0.2) is 25.7 Å². The van der Waals surface area contributed by atoms with E-state index < -0.39 is 0 Å². The Morgan fingerprint density at radius 2 is 0.566 bits per heavy atom. The number of fused-ring (bicyclic) bond motifs is 14. The van der Waals surface area contributed by atoms with Crippen LogP contribution in [0.4, 0.5) is 34.1 Å². The molecule has 2 atom stereocenters. The van der Waals surface area contributed by atoms with E-state index in [0.717, 1.165) is 12.4 Å². The fourth-order valence-electron chi connectivity index (χ4n) is 17.3. The van der Waals surface area contributed by atoms with Gasteiger partial charge in [0.05, 0.1) is 34.1 Å². The predicted molar refractivity (Wildman–Crippen MR) is 548 cm³/mol. The van der Waals surface area contributed by atoms with Crippen molar-refractivity contribution in [2.24, 2.45) is 0 Å². The summed E-state index contributed by atoms with van der Waals surface area (Å²) < 4.78 is 6.43. The lowest BCUT2D eigenvalue weighted by Gasteiger charge is -2.42. The maximum absolute atomic E-state index is 4.52. The molecule has 2 aromatic heterocycles. The monoisotopic (exact) mass is 1860 g/mol. The largest absolute Gasteiger partial charge is 0.309 e. The molecule has 0 amide bonds. The Morgan fingerprint density at radius 3 is 0.929 bits per heavy atom. The summed E-state index contributed by atoms with van der Waals surface area (Å²) in [6, 6.07) is 120. The molecule has 0 spiro atoms. The Labute approximate surface area is 732 Å². The number of nitrogens with zero attached hydrogens (tertiary/aromatic N) is 2. The summed E-state index contributed by atoms with van der Waals surface area (Å²) in [7, 11) is 14.0. The molecule has 0 N–H and O–H groups in total. The summed E-state index contributed by atoms with van der Waals surface area (Å²) >= 11 is 29.2. The zero-order chi connectivity index (χ0) is 78.3. The third-order valence-electron chi connectivity index (χ3n) is 21.8. The van der Waals surface area contributed by atoms with Crippen molar-refractivity contribution in [2.75, 3.05) is 9.80 Å². The van der Waals surface area contributed by atoms with E-state index in [1.54, 1.807) is 0 Å². The third-order valence-corrected chi connectivity index (χ3v) is 34.6. The molecule has 554 valence electrons. The topological polar surface area (TPSA) is 6.48 Å². The normalized spacial score (nSPS) is 13.2. The Bertz CT molecular complexity index is 6320. The predicted octanol–water partition coefficient (Wildman–Crippen LogP) is 18.7. The molecule has 0 saturated carbocycles. The van der Waals surface area contributed by atoms with E-state index >= 15 is 0 Å². The molecule has 20 rings (SSSR count). The van der Waals surface area contributed by atoms with Crippen molar-refractivity contribution in [1.29, 1.82) is 0 Å². The lowest BCUT2D eigenvalue weighted by Crippen LogP contribution is -2.74. The van der Waals surface area contributed by atoms with Gasteiger partial charge in [-0.2, -0.15) is 0 Å². The van der Waals surface area contributed by atoms with E-state index in [1.165, 1.54) is 210 Å². The molecule has 0 radical (unpaired) electrons. The van der Waals surface area contributed by atoms with Gasteiger partial charge < -0.3 is 9.80 Å². The zero-order valence-corrected chi connectivity index (χ0v) is 78.0. The molecule has 0 bridgehead atoms. The molecule has 0 aliphatic carbocycles. The molecule has 0 saturated heterocycles. The highest BCUT2D eigenvalue weighted by Crippen LogP contribution is 2.56. The van der Waals surface area contributed by atoms with Gasteiger partial charge in [0.15, 0.2) is 0 Å². The van der Waals surface area contributed by atoms with E-state index in [4.69, 9.17) is 0 Å². The maximum atomic E-state index is 4.52. The van der Waals surface area contributed by atoms with Gasteiger partial charge in [-0.25, -0.2) is 0 Å². The molecule has 113 heavy (non-hydrogen) atoms. The van der Waals surface area contributed by atoms with Crippen LogP contribution in [0.15, 0.2) is 332 Å². The third kappa shape index (κ3) is 16.1. The highest BCUT2D eigenvalue weighted by molar-refractivity contribution is 9.25. The van der Waals surface area contributed by atoms with Crippen molar-refractivity contribution in [3.8, 4) is 0 Å². The SMILES string of the molecule is BrB1c2ccccc2B(c2ccccc2)c2ccccc21.CC1(C)c2ccccc2N(c2cccc3sc4cccc(B5c6ccccc6B(c6ccccc6)c6ccccc65)c4c23)c2ccccc21.CC1(C)c2ccccc2N(c2cccc3sc4cccc(Br)c4c23)c2ccccc21.PPP.S=S=S=S.S=S=S=S=S=S. The van der Waals surface area contributed by atoms with Crippen LogP contribution in [-0.2, 0) is 109 Å². The molecule has 4 aliphatic rings. The number of rotatable bonds is 5. The van der Waals surface area contributed by atoms with Gasteiger partial charge in [0.25, 0.3) is 5.54 Å². The van der Waals surface area contributed by atoms with Gasteiger partial charge in [0.1, 0.15) is 0 Å². The van der Waals surface area contributed by atoms with Gasteiger partial charge in [-0.1, -0.05) is 373 Å². The number of hydrogen-bond acceptors (Lipinski definition) is 8. The molecule has 16 aromatic rings. The number of thiophene rings is 2. The highest BCUT2D eigenvalue weighted by atomic mass is 79.9. The summed E-state index contributed by atoms with van der Waals surface area (Å²) in [5, 5.41) is 5.32. The Hall–Kier alpha value is -6.17. The average Bonchev–Trinajstić information content (AvgIpc) is 1.70. The zero-order valence-electron chi connectivity index (χ0n) is 61.7. The van der Waals surface area contributed by atoms with E-state index in [2.05, 4.69) is 459 Å². The average molecular weight is 1860 g/mol. The van der Waals surface area contributed by atoms with Gasteiger partial charge in [-0.15, -0.1) is 56.3 Å². The molecular weight excluding hydrogens is 1790 g/mol. The molecule has 4 aliphatic heterocycles. The summed E-state index contributed by atoms with van der Waals surface area (Å²) in [6.07, 6.45) is 0. The summed E-state index contributed by atoms with van der Waals surface area (Å²) in [5.74, 6) is 0. The van der Waals surface area contributed by atoms with Crippen molar-refractivity contribution in [3.63, 3.8) is 0 Å². The van der Waals surface area contributed by atoms with Gasteiger partial charge in [-0.05, 0) is 94.4 Å². The minimum absolute atomic E-state index is 0.0467. The smallest absolute Gasteiger partial charge is 0.286 e. The maximum Gasteiger partial charge on any atom is 0.286 e. The number of para-hydroxylation sites is 4. The van der Waals surface area contributed by atoms with Gasteiger partial charge in [-0.3, -0.25) is 0 Å². The second kappa shape index (κ2) is 37.2. The Balaban J connectivity index is 0.000000133. The molecule has 0 fully saturated rings. The van der Waals surface area contributed by atoms with Crippen molar-refractivity contribution < 1.29 is 0 Å². The first-order valence-corrected chi connectivity index (χ1v) is 55.2. The highest BCUT2D eigenvalue weighted by Gasteiger charge is 2.43. The van der Waals surface area contributed by atoms with E-state index in [9.17, 15) is 0 Å². The first kappa shape index (κ1) is 82.0. The van der Waals surface area contributed by atoms with Crippen LogP contribution in [0.25, 0.3) is 40.3 Å².